The topological polar surface area (TPSA) is 41.9 Å². The van der Waals surface area contributed by atoms with Gasteiger partial charge < -0.3 is 14.6 Å². The average Bonchev–Trinajstić information content (AvgIpc) is 2.53. The van der Waals surface area contributed by atoms with Gasteiger partial charge in [0.15, 0.2) is 11.5 Å². The summed E-state index contributed by atoms with van der Waals surface area (Å²) < 4.78 is 10.7. The Morgan fingerprint density at radius 2 is 1.90 bits per heavy atom. The molecule has 1 aromatic rings. The quantitative estimate of drug-likeness (QED) is 0.930. The van der Waals surface area contributed by atoms with Crippen LogP contribution in [0.25, 0.3) is 0 Å². The van der Waals surface area contributed by atoms with Crippen LogP contribution in [0.3, 0.4) is 0 Å². The monoisotopic (exact) mass is 291 g/mol. The molecule has 0 saturated carbocycles. The molecular weight excluding hydrogens is 266 g/mol. The van der Waals surface area contributed by atoms with Crippen molar-refractivity contribution in [3.05, 3.63) is 23.8 Å². The number of nitrogens with zero attached hydrogens (tertiary/aromatic N) is 1. The zero-order chi connectivity index (χ0) is 14.8. The van der Waals surface area contributed by atoms with E-state index in [4.69, 9.17) is 9.47 Å². The van der Waals surface area contributed by atoms with Crippen LogP contribution in [-0.4, -0.2) is 42.9 Å². The molecule has 0 amide bonds. The fourth-order valence-corrected chi connectivity index (χ4v) is 3.88. The number of aliphatic hydroxyl groups excluding tert-OH is 1. The second kappa shape index (κ2) is 6.24. The Kier molecular flexibility index (Phi) is 4.36. The van der Waals surface area contributed by atoms with Gasteiger partial charge in [-0.1, -0.05) is 12.5 Å². The third kappa shape index (κ3) is 2.87. The molecular formula is C17H25NO3. The lowest BCUT2D eigenvalue weighted by Gasteiger charge is -2.47. The van der Waals surface area contributed by atoms with Crippen LogP contribution in [0.2, 0.25) is 0 Å². The first-order valence-corrected chi connectivity index (χ1v) is 7.88. The molecule has 0 radical (unpaired) electrons. The number of aliphatic hydroxyl groups is 1. The molecule has 0 unspecified atom stereocenters. The minimum absolute atomic E-state index is 0.192. The summed E-state index contributed by atoms with van der Waals surface area (Å²) in [5, 5.41) is 10.2. The molecule has 2 saturated heterocycles. The van der Waals surface area contributed by atoms with Crippen LogP contribution in [0.4, 0.5) is 0 Å². The number of hydrogen-bond acceptors (Lipinski definition) is 4. The van der Waals surface area contributed by atoms with Crippen LogP contribution >= 0.6 is 0 Å². The molecule has 0 aromatic heterocycles. The van der Waals surface area contributed by atoms with Crippen molar-refractivity contribution in [3.8, 4) is 11.5 Å². The minimum Gasteiger partial charge on any atom is -0.493 e. The number of fused-ring (bicyclic) bond motifs is 1. The summed E-state index contributed by atoms with van der Waals surface area (Å²) in [6, 6.07) is 6.95. The molecule has 3 rings (SSSR count). The Morgan fingerprint density at radius 1 is 1.10 bits per heavy atom. The average molecular weight is 291 g/mol. The van der Waals surface area contributed by atoms with Crippen molar-refractivity contribution in [1.82, 2.24) is 4.90 Å². The third-order valence-corrected chi connectivity index (χ3v) is 4.90. The normalized spacial score (nSPS) is 29.8. The molecule has 116 valence electrons. The highest BCUT2D eigenvalue weighted by Gasteiger charge is 2.37. The first kappa shape index (κ1) is 14.7. The molecule has 21 heavy (non-hydrogen) atoms. The van der Waals surface area contributed by atoms with Crippen LogP contribution < -0.4 is 9.47 Å². The number of benzene rings is 1. The molecule has 4 nitrogen and oxygen atoms in total. The van der Waals surface area contributed by atoms with Crippen molar-refractivity contribution >= 4 is 0 Å². The number of hydrogen-bond donors (Lipinski definition) is 1. The molecule has 2 heterocycles. The fourth-order valence-electron chi connectivity index (χ4n) is 3.88. The van der Waals surface area contributed by atoms with Crippen molar-refractivity contribution in [2.75, 3.05) is 20.8 Å². The highest BCUT2D eigenvalue weighted by atomic mass is 16.5. The minimum atomic E-state index is -0.192. The second-order valence-corrected chi connectivity index (χ2v) is 6.14. The predicted molar refractivity (Wildman–Crippen MR) is 81.9 cm³/mol. The van der Waals surface area contributed by atoms with Crippen LogP contribution in [0.5, 0.6) is 11.5 Å². The molecule has 1 aromatic carbocycles. The van der Waals surface area contributed by atoms with E-state index in [2.05, 4.69) is 17.0 Å². The van der Waals surface area contributed by atoms with Gasteiger partial charge in [0.2, 0.25) is 0 Å². The van der Waals surface area contributed by atoms with E-state index < -0.39 is 0 Å². The largest absolute Gasteiger partial charge is 0.493 e. The van der Waals surface area contributed by atoms with E-state index in [1.165, 1.54) is 24.8 Å². The molecule has 4 heteroatoms. The Balaban J connectivity index is 1.89. The molecule has 2 aliphatic heterocycles. The van der Waals surface area contributed by atoms with E-state index in [0.29, 0.717) is 12.1 Å². The van der Waals surface area contributed by atoms with E-state index >= 15 is 0 Å². The van der Waals surface area contributed by atoms with Crippen LogP contribution in [0.15, 0.2) is 18.2 Å². The highest BCUT2D eigenvalue weighted by Crippen LogP contribution is 2.40. The van der Waals surface area contributed by atoms with Crippen molar-refractivity contribution in [3.63, 3.8) is 0 Å². The smallest absolute Gasteiger partial charge is 0.161 e. The molecule has 2 fully saturated rings. The maximum atomic E-state index is 10.2. The SMILES string of the molecule is COc1ccc([C@@H]2C[C@H](O)C[C@@H]3CCCCN32)cc1OC. The Hall–Kier alpha value is -1.26. The van der Waals surface area contributed by atoms with Crippen molar-refractivity contribution in [2.24, 2.45) is 0 Å². The van der Waals surface area contributed by atoms with Gasteiger partial charge in [-0.05, 0) is 49.9 Å². The summed E-state index contributed by atoms with van der Waals surface area (Å²) in [7, 11) is 3.32. The zero-order valence-electron chi connectivity index (χ0n) is 12.9. The first-order chi connectivity index (χ1) is 10.2. The summed E-state index contributed by atoms with van der Waals surface area (Å²) in [6.07, 6.45) is 5.29. The van der Waals surface area contributed by atoms with Gasteiger partial charge in [0.25, 0.3) is 0 Å². The van der Waals surface area contributed by atoms with E-state index in [-0.39, 0.29) is 6.10 Å². The van der Waals surface area contributed by atoms with Gasteiger partial charge in [0.05, 0.1) is 20.3 Å². The third-order valence-electron chi connectivity index (χ3n) is 4.90. The summed E-state index contributed by atoms with van der Waals surface area (Å²) in [4.78, 5) is 2.58. The molecule has 2 aliphatic rings. The predicted octanol–water partition coefficient (Wildman–Crippen LogP) is 2.75. The fraction of sp³-hybridized carbons (Fsp3) is 0.647. The van der Waals surface area contributed by atoms with Gasteiger partial charge in [0, 0.05) is 12.1 Å². The highest BCUT2D eigenvalue weighted by molar-refractivity contribution is 5.44. The second-order valence-electron chi connectivity index (χ2n) is 6.14. The number of piperidine rings is 2. The van der Waals surface area contributed by atoms with Gasteiger partial charge in [0.1, 0.15) is 0 Å². The maximum absolute atomic E-state index is 10.2. The van der Waals surface area contributed by atoms with Gasteiger partial charge >= 0.3 is 0 Å². The Bertz CT molecular complexity index is 491. The molecule has 0 bridgehead atoms. The van der Waals surface area contributed by atoms with Crippen molar-refractivity contribution < 1.29 is 14.6 Å². The Labute approximate surface area is 126 Å². The summed E-state index contributed by atoms with van der Waals surface area (Å²) in [6.45, 7) is 1.14. The van der Waals surface area contributed by atoms with E-state index in [0.717, 1.165) is 30.9 Å². The summed E-state index contributed by atoms with van der Waals surface area (Å²) >= 11 is 0. The lowest BCUT2D eigenvalue weighted by molar-refractivity contribution is -0.0180. The maximum Gasteiger partial charge on any atom is 0.161 e. The lowest BCUT2D eigenvalue weighted by Crippen LogP contribution is -2.48. The van der Waals surface area contributed by atoms with Crippen LogP contribution in [0, 0.1) is 0 Å². The van der Waals surface area contributed by atoms with E-state index in [9.17, 15) is 5.11 Å². The molecule has 0 spiro atoms. The van der Waals surface area contributed by atoms with Gasteiger partial charge in [-0.15, -0.1) is 0 Å². The van der Waals surface area contributed by atoms with E-state index in [1.807, 2.05) is 6.07 Å². The molecule has 0 aliphatic carbocycles. The lowest BCUT2D eigenvalue weighted by atomic mass is 9.84. The van der Waals surface area contributed by atoms with Gasteiger partial charge in [-0.25, -0.2) is 0 Å². The van der Waals surface area contributed by atoms with Gasteiger partial charge in [-0.3, -0.25) is 4.90 Å². The number of ether oxygens (including phenoxy) is 2. The van der Waals surface area contributed by atoms with Gasteiger partial charge in [-0.2, -0.15) is 0 Å². The standard InChI is InChI=1S/C17H25NO3/c1-20-16-7-6-12(9-17(16)21-2)15-11-14(19)10-13-5-3-4-8-18(13)15/h6-7,9,13-15,19H,3-5,8,10-11H2,1-2H3/t13-,14+,15-/m0/s1. The molecule has 3 atom stereocenters. The van der Waals surface area contributed by atoms with Crippen molar-refractivity contribution in [1.29, 1.82) is 0 Å². The molecule has 1 N–H and O–H groups in total. The summed E-state index contributed by atoms with van der Waals surface area (Å²) in [5.41, 5.74) is 1.22. The van der Waals surface area contributed by atoms with E-state index in [1.54, 1.807) is 14.2 Å². The van der Waals surface area contributed by atoms with Crippen molar-refractivity contribution in [2.45, 2.75) is 50.3 Å². The number of rotatable bonds is 3. The Morgan fingerprint density at radius 3 is 2.67 bits per heavy atom. The number of methoxy groups -OCH3 is 2. The zero-order valence-corrected chi connectivity index (χ0v) is 12.9. The summed E-state index contributed by atoms with van der Waals surface area (Å²) in [5.74, 6) is 1.52. The van der Waals surface area contributed by atoms with Crippen LogP contribution in [0.1, 0.15) is 43.7 Å². The first-order valence-electron chi connectivity index (χ1n) is 7.88. The van der Waals surface area contributed by atoms with Crippen LogP contribution in [-0.2, 0) is 0 Å².